The number of aryl methyl sites for hydroxylation is 2. The molecule has 0 saturated carbocycles. The van der Waals surface area contributed by atoms with Gasteiger partial charge in [-0.2, -0.15) is 0 Å². The first kappa shape index (κ1) is 25.4. The van der Waals surface area contributed by atoms with Crippen LogP contribution in [-0.2, 0) is 4.74 Å². The van der Waals surface area contributed by atoms with Crippen molar-refractivity contribution in [1.29, 1.82) is 0 Å². The largest absolute Gasteiger partial charge is 0.444 e. The number of carbonyl (C=O) groups excluding carboxylic acids is 1. The van der Waals surface area contributed by atoms with E-state index in [0.29, 0.717) is 31.1 Å². The van der Waals surface area contributed by atoms with Crippen LogP contribution in [0.4, 0.5) is 4.79 Å². The van der Waals surface area contributed by atoms with Gasteiger partial charge < -0.3 is 14.8 Å². The normalized spacial score (nSPS) is 15.4. The standard InChI is InChI=1S/C30H35N3O3/c1-20-8-6-7-9-26(20)27(17-28(32-35)24-14-15-31-21(2)16-24)23-12-10-22(11-13-23)25-18-33(19-25)29(34)36-30(3,4)5/h6-16,25,27,35H,17-19H2,1-5H3/b32-28+/t27-/m1/s1. The lowest BCUT2D eigenvalue weighted by atomic mass is 9.82. The molecule has 1 atom stereocenters. The van der Waals surface area contributed by atoms with Gasteiger partial charge in [-0.3, -0.25) is 4.98 Å². The van der Waals surface area contributed by atoms with Crippen molar-refractivity contribution in [2.75, 3.05) is 13.1 Å². The number of hydrogen-bond acceptors (Lipinski definition) is 5. The van der Waals surface area contributed by atoms with Crippen LogP contribution < -0.4 is 0 Å². The number of pyridine rings is 1. The number of carbonyl (C=O) groups is 1. The molecule has 4 rings (SSSR count). The van der Waals surface area contributed by atoms with Crippen LogP contribution in [0.2, 0.25) is 0 Å². The third-order valence-electron chi connectivity index (χ3n) is 6.66. The highest BCUT2D eigenvalue weighted by atomic mass is 16.6. The van der Waals surface area contributed by atoms with Gasteiger partial charge in [-0.15, -0.1) is 0 Å². The minimum atomic E-state index is -0.486. The number of ether oxygens (including phenoxy) is 1. The molecule has 188 valence electrons. The number of hydrogen-bond donors (Lipinski definition) is 1. The number of aromatic nitrogens is 1. The van der Waals surface area contributed by atoms with Gasteiger partial charge >= 0.3 is 6.09 Å². The Hall–Kier alpha value is -3.67. The maximum atomic E-state index is 12.3. The van der Waals surface area contributed by atoms with Crippen LogP contribution in [0.3, 0.4) is 0 Å². The number of likely N-dealkylation sites (tertiary alicyclic amines) is 1. The Morgan fingerprint density at radius 1 is 1.11 bits per heavy atom. The van der Waals surface area contributed by atoms with Gasteiger partial charge in [-0.1, -0.05) is 53.7 Å². The van der Waals surface area contributed by atoms with E-state index in [0.717, 1.165) is 16.8 Å². The van der Waals surface area contributed by atoms with Gasteiger partial charge in [0.15, 0.2) is 0 Å². The van der Waals surface area contributed by atoms with Crippen molar-refractivity contribution in [3.8, 4) is 0 Å². The molecule has 6 nitrogen and oxygen atoms in total. The van der Waals surface area contributed by atoms with E-state index in [9.17, 15) is 10.0 Å². The van der Waals surface area contributed by atoms with Crippen LogP contribution in [0, 0.1) is 13.8 Å². The van der Waals surface area contributed by atoms with Crippen molar-refractivity contribution in [2.45, 2.75) is 58.5 Å². The van der Waals surface area contributed by atoms with E-state index >= 15 is 0 Å². The molecule has 2 heterocycles. The molecule has 1 N–H and O–H groups in total. The fourth-order valence-corrected chi connectivity index (χ4v) is 4.69. The molecule has 36 heavy (non-hydrogen) atoms. The van der Waals surface area contributed by atoms with Crippen molar-refractivity contribution >= 4 is 11.8 Å². The molecule has 1 saturated heterocycles. The van der Waals surface area contributed by atoms with Gasteiger partial charge in [0.05, 0.1) is 5.71 Å². The highest BCUT2D eigenvalue weighted by Gasteiger charge is 2.34. The van der Waals surface area contributed by atoms with E-state index in [2.05, 4.69) is 59.5 Å². The minimum Gasteiger partial charge on any atom is -0.444 e. The second kappa shape index (κ2) is 10.5. The summed E-state index contributed by atoms with van der Waals surface area (Å²) in [6, 6.07) is 20.8. The summed E-state index contributed by atoms with van der Waals surface area (Å²) in [5, 5.41) is 13.6. The second-order valence-corrected chi connectivity index (χ2v) is 10.6. The molecule has 1 fully saturated rings. The van der Waals surface area contributed by atoms with E-state index in [-0.39, 0.29) is 12.0 Å². The van der Waals surface area contributed by atoms with Crippen molar-refractivity contribution in [3.63, 3.8) is 0 Å². The first-order chi connectivity index (χ1) is 17.1. The average Bonchev–Trinajstić information content (AvgIpc) is 2.79. The van der Waals surface area contributed by atoms with Crippen molar-refractivity contribution in [1.82, 2.24) is 9.88 Å². The Bertz CT molecular complexity index is 1240. The number of rotatable bonds is 6. The molecule has 6 heteroatoms. The first-order valence-corrected chi connectivity index (χ1v) is 12.4. The smallest absolute Gasteiger partial charge is 0.410 e. The predicted molar refractivity (Wildman–Crippen MR) is 142 cm³/mol. The summed E-state index contributed by atoms with van der Waals surface area (Å²) in [7, 11) is 0. The van der Waals surface area contributed by atoms with Gasteiger partial charge in [0.25, 0.3) is 0 Å². The van der Waals surface area contributed by atoms with Crippen molar-refractivity contribution in [2.24, 2.45) is 5.16 Å². The van der Waals surface area contributed by atoms with Gasteiger partial charge in [0.1, 0.15) is 5.60 Å². The monoisotopic (exact) mass is 485 g/mol. The SMILES string of the molecule is Cc1cc(/C(C[C@H](c2ccc(C3CN(C(=O)OC(C)(C)C)C3)cc2)c2ccccc2C)=N/O)ccn1. The molecule has 0 radical (unpaired) electrons. The molecule has 0 spiro atoms. The van der Waals surface area contributed by atoms with Crippen LogP contribution in [0.5, 0.6) is 0 Å². The summed E-state index contributed by atoms with van der Waals surface area (Å²) in [5.41, 5.74) is 6.66. The maximum absolute atomic E-state index is 12.3. The quantitative estimate of drug-likeness (QED) is 0.248. The molecule has 0 aliphatic carbocycles. The fraction of sp³-hybridized carbons (Fsp3) is 0.367. The zero-order valence-corrected chi connectivity index (χ0v) is 21.7. The second-order valence-electron chi connectivity index (χ2n) is 10.6. The van der Waals surface area contributed by atoms with E-state index in [1.54, 1.807) is 11.1 Å². The van der Waals surface area contributed by atoms with Gasteiger partial charge in [-0.25, -0.2) is 4.79 Å². The highest BCUT2D eigenvalue weighted by molar-refractivity contribution is 6.01. The van der Waals surface area contributed by atoms with E-state index in [1.165, 1.54) is 16.7 Å². The van der Waals surface area contributed by atoms with Crippen LogP contribution in [-0.4, -0.2) is 45.6 Å². The van der Waals surface area contributed by atoms with E-state index in [1.807, 2.05) is 45.9 Å². The van der Waals surface area contributed by atoms with Crippen LogP contribution >= 0.6 is 0 Å². The van der Waals surface area contributed by atoms with E-state index in [4.69, 9.17) is 4.74 Å². The lowest BCUT2D eigenvalue weighted by Gasteiger charge is -2.40. The summed E-state index contributed by atoms with van der Waals surface area (Å²) < 4.78 is 5.48. The minimum absolute atomic E-state index is 0.0271. The number of oxime groups is 1. The molecular formula is C30H35N3O3. The van der Waals surface area contributed by atoms with Gasteiger partial charge in [-0.05, 0) is 69.0 Å². The van der Waals surface area contributed by atoms with Crippen molar-refractivity contribution in [3.05, 3.63) is 100 Å². The predicted octanol–water partition coefficient (Wildman–Crippen LogP) is 6.43. The Morgan fingerprint density at radius 3 is 2.42 bits per heavy atom. The van der Waals surface area contributed by atoms with E-state index < -0.39 is 5.60 Å². The Labute approximate surface area is 213 Å². The fourth-order valence-electron chi connectivity index (χ4n) is 4.69. The summed E-state index contributed by atoms with van der Waals surface area (Å²) in [6.45, 7) is 11.0. The number of benzene rings is 2. The van der Waals surface area contributed by atoms with Gasteiger partial charge in [0.2, 0.25) is 0 Å². The molecule has 3 aromatic rings. The molecule has 1 aliphatic heterocycles. The van der Waals surface area contributed by atoms with Crippen LogP contribution in [0.25, 0.3) is 0 Å². The summed E-state index contributed by atoms with van der Waals surface area (Å²) >= 11 is 0. The lowest BCUT2D eigenvalue weighted by molar-refractivity contribution is 0.00819. The molecule has 1 aliphatic rings. The average molecular weight is 486 g/mol. The zero-order valence-electron chi connectivity index (χ0n) is 21.7. The third-order valence-corrected chi connectivity index (χ3v) is 6.66. The molecule has 0 bridgehead atoms. The van der Waals surface area contributed by atoms with Crippen LogP contribution in [0.15, 0.2) is 72.0 Å². The topological polar surface area (TPSA) is 75.0 Å². The number of nitrogens with zero attached hydrogens (tertiary/aromatic N) is 3. The molecular weight excluding hydrogens is 450 g/mol. The third kappa shape index (κ3) is 5.93. The highest BCUT2D eigenvalue weighted by Crippen LogP contribution is 2.34. The lowest BCUT2D eigenvalue weighted by Crippen LogP contribution is -2.50. The number of amides is 1. The molecule has 1 amide bonds. The molecule has 2 aromatic carbocycles. The Balaban J connectivity index is 1.54. The molecule has 1 aromatic heterocycles. The van der Waals surface area contributed by atoms with Gasteiger partial charge in [0, 0.05) is 48.8 Å². The Kier molecular flexibility index (Phi) is 7.43. The zero-order chi connectivity index (χ0) is 25.9. The van der Waals surface area contributed by atoms with Crippen molar-refractivity contribution < 1.29 is 14.7 Å². The van der Waals surface area contributed by atoms with Crippen LogP contribution in [0.1, 0.15) is 72.5 Å². The Morgan fingerprint density at radius 2 is 1.81 bits per heavy atom. The molecule has 0 unspecified atom stereocenters. The first-order valence-electron chi connectivity index (χ1n) is 12.4. The summed E-state index contributed by atoms with van der Waals surface area (Å²) in [4.78, 5) is 18.3. The summed E-state index contributed by atoms with van der Waals surface area (Å²) in [5.74, 6) is 0.331. The maximum Gasteiger partial charge on any atom is 0.410 e. The summed E-state index contributed by atoms with van der Waals surface area (Å²) in [6.07, 6.45) is 2.05.